The maximum absolute atomic E-state index is 6.16. The number of likely N-dealkylation sites (tertiary alicyclic amines) is 2. The van der Waals surface area contributed by atoms with Crippen molar-refractivity contribution >= 4 is 29.9 Å². The van der Waals surface area contributed by atoms with E-state index < -0.39 is 0 Å². The number of nitrogens with one attached hydrogen (secondary N) is 1. The van der Waals surface area contributed by atoms with Gasteiger partial charge in [-0.3, -0.25) is 9.89 Å². The third-order valence-electron chi connectivity index (χ3n) is 6.46. The normalized spacial score (nSPS) is 27.5. The van der Waals surface area contributed by atoms with Gasteiger partial charge in [0.25, 0.3) is 0 Å². The van der Waals surface area contributed by atoms with Crippen LogP contribution in [0.4, 0.5) is 0 Å². The zero-order valence-corrected chi connectivity index (χ0v) is 20.9. The molecule has 3 aliphatic heterocycles. The standard InChI is InChI=1S/C22H42N4O2.HI/c1-3-23-22(24-12-16-25-13-6-4-8-19(25)2)26-14-10-20(11-15-26)28-18-21-9-5-7-17-27-21;/h19-21H,3-18H2,1-2H3,(H,23,24);1H. The fourth-order valence-corrected chi connectivity index (χ4v) is 4.62. The second-order valence-electron chi connectivity index (χ2n) is 8.62. The Morgan fingerprint density at radius 3 is 2.55 bits per heavy atom. The Bertz CT molecular complexity index is 466. The molecule has 7 heteroatoms. The first-order valence-corrected chi connectivity index (χ1v) is 11.8. The van der Waals surface area contributed by atoms with E-state index in [-0.39, 0.29) is 24.0 Å². The highest BCUT2D eigenvalue weighted by Crippen LogP contribution is 2.18. The molecule has 3 aliphatic rings. The maximum atomic E-state index is 6.16. The topological polar surface area (TPSA) is 49.3 Å². The van der Waals surface area contributed by atoms with E-state index in [4.69, 9.17) is 14.5 Å². The number of rotatable bonds is 7. The lowest BCUT2D eigenvalue weighted by Gasteiger charge is -2.35. The van der Waals surface area contributed by atoms with Gasteiger partial charge in [0, 0.05) is 38.8 Å². The van der Waals surface area contributed by atoms with Gasteiger partial charge in [0.2, 0.25) is 0 Å². The van der Waals surface area contributed by atoms with E-state index in [0.29, 0.717) is 18.2 Å². The largest absolute Gasteiger partial charge is 0.376 e. The lowest BCUT2D eigenvalue weighted by Crippen LogP contribution is -2.47. The smallest absolute Gasteiger partial charge is 0.193 e. The van der Waals surface area contributed by atoms with Crippen LogP contribution in [0, 0.1) is 0 Å². The number of guanidine groups is 1. The SMILES string of the molecule is CCNC(=NCCN1CCCCC1C)N1CCC(OCC2CCCCO2)CC1.I. The van der Waals surface area contributed by atoms with E-state index in [1.54, 1.807) is 0 Å². The molecule has 170 valence electrons. The number of piperidine rings is 2. The molecule has 1 N–H and O–H groups in total. The summed E-state index contributed by atoms with van der Waals surface area (Å²) in [7, 11) is 0. The van der Waals surface area contributed by atoms with E-state index in [1.807, 2.05) is 0 Å². The lowest BCUT2D eigenvalue weighted by molar-refractivity contribution is -0.0721. The second-order valence-corrected chi connectivity index (χ2v) is 8.62. The van der Waals surface area contributed by atoms with Crippen LogP contribution in [-0.2, 0) is 9.47 Å². The molecule has 29 heavy (non-hydrogen) atoms. The third kappa shape index (κ3) is 8.50. The number of aliphatic imine (C=N–C) groups is 1. The van der Waals surface area contributed by atoms with E-state index in [1.165, 1.54) is 38.6 Å². The number of halogens is 1. The van der Waals surface area contributed by atoms with Crippen LogP contribution in [-0.4, -0.2) is 86.5 Å². The summed E-state index contributed by atoms with van der Waals surface area (Å²) in [6, 6.07) is 0.715. The molecule has 6 nitrogen and oxygen atoms in total. The molecular weight excluding hydrogens is 479 g/mol. The first kappa shape index (κ1) is 25.1. The molecule has 0 spiro atoms. The molecule has 3 fully saturated rings. The summed E-state index contributed by atoms with van der Waals surface area (Å²) < 4.78 is 12.0. The summed E-state index contributed by atoms with van der Waals surface area (Å²) in [4.78, 5) is 9.96. The Labute approximate surface area is 195 Å². The Kier molecular flexibility index (Phi) is 12.2. The highest BCUT2D eigenvalue weighted by atomic mass is 127. The van der Waals surface area contributed by atoms with Crippen molar-refractivity contribution in [3.8, 4) is 0 Å². The van der Waals surface area contributed by atoms with Crippen molar-refractivity contribution in [2.45, 2.75) is 83.5 Å². The van der Waals surface area contributed by atoms with Gasteiger partial charge < -0.3 is 19.7 Å². The van der Waals surface area contributed by atoms with E-state index >= 15 is 0 Å². The molecule has 0 aromatic heterocycles. The molecular formula is C22H43IN4O2. The van der Waals surface area contributed by atoms with Crippen LogP contribution in [0.5, 0.6) is 0 Å². The van der Waals surface area contributed by atoms with Crippen LogP contribution in [0.25, 0.3) is 0 Å². The minimum atomic E-state index is 0. The van der Waals surface area contributed by atoms with Crippen molar-refractivity contribution in [1.82, 2.24) is 15.1 Å². The van der Waals surface area contributed by atoms with Crippen molar-refractivity contribution in [2.24, 2.45) is 4.99 Å². The second kappa shape index (κ2) is 14.0. The minimum Gasteiger partial charge on any atom is -0.376 e. The Morgan fingerprint density at radius 2 is 1.86 bits per heavy atom. The number of ether oxygens (including phenoxy) is 2. The molecule has 0 aromatic carbocycles. The summed E-state index contributed by atoms with van der Waals surface area (Å²) >= 11 is 0. The average molecular weight is 523 g/mol. The predicted octanol–water partition coefficient (Wildman–Crippen LogP) is 3.49. The van der Waals surface area contributed by atoms with Gasteiger partial charge in [-0.25, -0.2) is 0 Å². The summed E-state index contributed by atoms with van der Waals surface area (Å²) in [6.07, 6.45) is 10.6. The average Bonchev–Trinajstić information content (AvgIpc) is 2.74. The van der Waals surface area contributed by atoms with Gasteiger partial charge in [0.15, 0.2) is 5.96 Å². The number of nitrogens with zero attached hydrogens (tertiary/aromatic N) is 3. The van der Waals surface area contributed by atoms with Crippen LogP contribution in [0.3, 0.4) is 0 Å². The van der Waals surface area contributed by atoms with Gasteiger partial charge >= 0.3 is 0 Å². The van der Waals surface area contributed by atoms with Crippen molar-refractivity contribution < 1.29 is 9.47 Å². The Balaban J connectivity index is 0.00000300. The number of hydrogen-bond donors (Lipinski definition) is 1. The molecule has 0 amide bonds. The van der Waals surface area contributed by atoms with Gasteiger partial charge in [-0.05, 0) is 65.3 Å². The van der Waals surface area contributed by atoms with Crippen molar-refractivity contribution in [1.29, 1.82) is 0 Å². The third-order valence-corrected chi connectivity index (χ3v) is 6.46. The molecule has 0 bridgehead atoms. The Morgan fingerprint density at radius 1 is 1.07 bits per heavy atom. The molecule has 3 saturated heterocycles. The molecule has 0 aliphatic carbocycles. The minimum absolute atomic E-state index is 0. The summed E-state index contributed by atoms with van der Waals surface area (Å²) in [5.41, 5.74) is 0. The van der Waals surface area contributed by atoms with Gasteiger partial charge in [0.1, 0.15) is 0 Å². The van der Waals surface area contributed by atoms with Crippen molar-refractivity contribution in [3.05, 3.63) is 0 Å². The van der Waals surface area contributed by atoms with Gasteiger partial charge in [-0.2, -0.15) is 0 Å². The van der Waals surface area contributed by atoms with Gasteiger partial charge in [-0.15, -0.1) is 24.0 Å². The fraction of sp³-hybridized carbons (Fsp3) is 0.955. The lowest BCUT2D eigenvalue weighted by atomic mass is 10.0. The molecule has 0 saturated carbocycles. The van der Waals surface area contributed by atoms with Crippen molar-refractivity contribution in [3.63, 3.8) is 0 Å². The van der Waals surface area contributed by atoms with Gasteiger partial charge in [-0.1, -0.05) is 6.42 Å². The van der Waals surface area contributed by atoms with Crippen LogP contribution >= 0.6 is 24.0 Å². The molecule has 3 rings (SSSR count). The van der Waals surface area contributed by atoms with E-state index in [0.717, 1.165) is 71.2 Å². The highest BCUT2D eigenvalue weighted by Gasteiger charge is 2.24. The molecule has 0 radical (unpaired) electrons. The van der Waals surface area contributed by atoms with Crippen LogP contribution < -0.4 is 5.32 Å². The van der Waals surface area contributed by atoms with Crippen molar-refractivity contribution in [2.75, 3.05) is 52.5 Å². The fourth-order valence-electron chi connectivity index (χ4n) is 4.62. The molecule has 2 unspecified atom stereocenters. The van der Waals surface area contributed by atoms with Crippen LogP contribution in [0.1, 0.15) is 65.2 Å². The molecule has 2 atom stereocenters. The van der Waals surface area contributed by atoms with Gasteiger partial charge in [0.05, 0.1) is 25.4 Å². The summed E-state index contributed by atoms with van der Waals surface area (Å²) in [5.74, 6) is 1.08. The van der Waals surface area contributed by atoms with E-state index in [9.17, 15) is 0 Å². The monoisotopic (exact) mass is 522 g/mol. The van der Waals surface area contributed by atoms with Crippen LogP contribution in [0.15, 0.2) is 4.99 Å². The zero-order valence-electron chi connectivity index (χ0n) is 18.6. The maximum Gasteiger partial charge on any atom is 0.193 e. The summed E-state index contributed by atoms with van der Waals surface area (Å²) in [5, 5.41) is 3.50. The molecule has 0 aromatic rings. The highest BCUT2D eigenvalue weighted by molar-refractivity contribution is 14.0. The summed E-state index contributed by atoms with van der Waals surface area (Å²) in [6.45, 7) is 12.4. The molecule has 3 heterocycles. The predicted molar refractivity (Wildman–Crippen MR) is 130 cm³/mol. The first-order chi connectivity index (χ1) is 13.8. The zero-order chi connectivity index (χ0) is 19.6. The Hall–Kier alpha value is -0.120. The quantitative estimate of drug-likeness (QED) is 0.315. The van der Waals surface area contributed by atoms with Crippen LogP contribution in [0.2, 0.25) is 0 Å². The number of hydrogen-bond acceptors (Lipinski definition) is 4. The first-order valence-electron chi connectivity index (χ1n) is 11.8. The van der Waals surface area contributed by atoms with E-state index in [2.05, 4.69) is 29.0 Å².